The monoisotopic (exact) mass is 505 g/mol. The van der Waals surface area contributed by atoms with Crippen molar-refractivity contribution in [1.82, 2.24) is 19.3 Å². The number of aromatic nitrogens is 3. The predicted octanol–water partition coefficient (Wildman–Crippen LogP) is 2.72. The lowest BCUT2D eigenvalue weighted by Gasteiger charge is -2.34. The van der Waals surface area contributed by atoms with Gasteiger partial charge in [-0.15, -0.1) is 0 Å². The summed E-state index contributed by atoms with van der Waals surface area (Å²) in [6.45, 7) is 0.703. The van der Waals surface area contributed by atoms with E-state index < -0.39 is 20.0 Å². The van der Waals surface area contributed by atoms with E-state index in [-0.39, 0.29) is 35.8 Å². The maximum absolute atomic E-state index is 13.1. The maximum Gasteiger partial charge on any atom is 0.214 e. The molecule has 0 radical (unpaired) electrons. The third kappa shape index (κ3) is 4.98. The minimum Gasteiger partial charge on any atom is -0.346 e. The lowest BCUT2D eigenvalue weighted by molar-refractivity contribution is 0.276. The molecular formula is C23H31N5O4S2. The quantitative estimate of drug-likeness (QED) is 0.528. The van der Waals surface area contributed by atoms with Crippen molar-refractivity contribution in [2.45, 2.75) is 44.4 Å². The van der Waals surface area contributed by atoms with Gasteiger partial charge in [0.25, 0.3) is 0 Å². The molecule has 3 aromatic rings. The fourth-order valence-corrected chi connectivity index (χ4v) is 8.67. The highest BCUT2D eigenvalue weighted by Gasteiger charge is 2.34. The van der Waals surface area contributed by atoms with Gasteiger partial charge in [0.05, 0.1) is 17.2 Å². The summed E-state index contributed by atoms with van der Waals surface area (Å²) in [6.07, 6.45) is 10.4. The Kier molecular flexibility index (Phi) is 6.38. The summed E-state index contributed by atoms with van der Waals surface area (Å²) < 4.78 is 50.7. The molecule has 0 amide bonds. The molecule has 3 N–H and O–H groups in total. The number of rotatable bonds is 6. The molecule has 3 aromatic heterocycles. The standard InChI is InChI=1S/C23H31N5O4S2/c24-33(29,30)14-17-2-1-11-28(13-17)34(31,32)15-16-3-5-18(6-4-16)22-21-19(7-9-25-22)12-27-23-20(21)8-10-26-23/h7-10,12,16-18H,1-6,11,13-15H2,(H,26,27)(H2,24,29,30). The fourth-order valence-electron chi connectivity index (χ4n) is 5.76. The molecule has 1 atom stereocenters. The zero-order valence-corrected chi connectivity index (χ0v) is 20.7. The lowest BCUT2D eigenvalue weighted by Crippen LogP contribution is -2.44. The van der Waals surface area contributed by atoms with Crippen LogP contribution in [0.5, 0.6) is 0 Å². The number of piperidine rings is 1. The maximum atomic E-state index is 13.1. The molecule has 1 aliphatic heterocycles. The Morgan fingerprint density at radius 2 is 1.79 bits per heavy atom. The van der Waals surface area contributed by atoms with E-state index in [1.54, 1.807) is 0 Å². The van der Waals surface area contributed by atoms with Gasteiger partial charge >= 0.3 is 0 Å². The first kappa shape index (κ1) is 23.7. The smallest absolute Gasteiger partial charge is 0.214 e. The number of nitrogens with one attached hydrogen (secondary N) is 1. The molecule has 0 bridgehead atoms. The number of nitrogens with zero attached hydrogens (tertiary/aromatic N) is 3. The first-order chi connectivity index (χ1) is 16.2. The van der Waals surface area contributed by atoms with Crippen LogP contribution in [-0.4, -0.2) is 60.7 Å². The highest BCUT2D eigenvalue weighted by atomic mass is 32.2. The Labute approximate surface area is 200 Å². The Bertz CT molecular complexity index is 1400. The first-order valence-electron chi connectivity index (χ1n) is 11.9. The molecule has 2 fully saturated rings. The SMILES string of the molecule is NS(=O)(=O)CC1CCCN(S(=O)(=O)CC2CCC(c3nccc4cnc5[nH]ccc5c34)CC2)C1. The number of aromatic amines is 1. The van der Waals surface area contributed by atoms with E-state index in [4.69, 9.17) is 10.1 Å². The second kappa shape index (κ2) is 9.18. The second-order valence-corrected chi connectivity index (χ2v) is 13.5. The van der Waals surface area contributed by atoms with E-state index in [0.717, 1.165) is 53.2 Å². The zero-order valence-electron chi connectivity index (χ0n) is 19.1. The number of H-pyrrole nitrogens is 1. The highest BCUT2D eigenvalue weighted by molar-refractivity contribution is 7.89. The Hall–Kier alpha value is -2.08. The van der Waals surface area contributed by atoms with E-state index >= 15 is 0 Å². The molecule has 2 aliphatic rings. The number of primary sulfonamides is 1. The molecule has 4 heterocycles. The van der Waals surface area contributed by atoms with Crippen molar-refractivity contribution in [1.29, 1.82) is 0 Å². The molecule has 11 heteroatoms. The Morgan fingerprint density at radius 3 is 2.56 bits per heavy atom. The second-order valence-electron chi connectivity index (χ2n) is 9.85. The summed E-state index contributed by atoms with van der Waals surface area (Å²) >= 11 is 0. The number of pyridine rings is 2. The summed E-state index contributed by atoms with van der Waals surface area (Å²) in [4.78, 5) is 12.4. The molecule has 9 nitrogen and oxygen atoms in total. The largest absolute Gasteiger partial charge is 0.346 e. The van der Waals surface area contributed by atoms with E-state index in [1.807, 2.05) is 30.7 Å². The van der Waals surface area contributed by atoms with Crippen LogP contribution in [0.2, 0.25) is 0 Å². The molecule has 34 heavy (non-hydrogen) atoms. The fraction of sp³-hybridized carbons (Fsp3) is 0.565. The van der Waals surface area contributed by atoms with Gasteiger partial charge in [-0.1, -0.05) is 0 Å². The van der Waals surface area contributed by atoms with Gasteiger partial charge in [-0.05, 0) is 62.5 Å². The predicted molar refractivity (Wildman–Crippen MR) is 132 cm³/mol. The van der Waals surface area contributed by atoms with Crippen LogP contribution in [0.1, 0.15) is 50.1 Å². The number of hydrogen-bond donors (Lipinski definition) is 2. The molecule has 1 unspecified atom stereocenters. The van der Waals surface area contributed by atoms with Crippen LogP contribution in [0.15, 0.2) is 30.7 Å². The molecule has 5 rings (SSSR count). The van der Waals surface area contributed by atoms with Crippen LogP contribution in [0.4, 0.5) is 0 Å². The minimum atomic E-state index is -3.61. The average Bonchev–Trinajstić information content (AvgIpc) is 3.27. The van der Waals surface area contributed by atoms with Crippen LogP contribution in [0.3, 0.4) is 0 Å². The average molecular weight is 506 g/mol. The van der Waals surface area contributed by atoms with Gasteiger partial charge < -0.3 is 4.98 Å². The van der Waals surface area contributed by atoms with Crippen molar-refractivity contribution in [2.75, 3.05) is 24.6 Å². The van der Waals surface area contributed by atoms with Gasteiger partial charge in [-0.2, -0.15) is 0 Å². The molecule has 1 saturated heterocycles. The third-order valence-electron chi connectivity index (χ3n) is 7.36. The Balaban J connectivity index is 1.26. The lowest BCUT2D eigenvalue weighted by atomic mass is 9.80. The Morgan fingerprint density at radius 1 is 1.00 bits per heavy atom. The summed E-state index contributed by atoms with van der Waals surface area (Å²) in [5.41, 5.74) is 1.93. The van der Waals surface area contributed by atoms with Crippen LogP contribution in [-0.2, 0) is 20.0 Å². The van der Waals surface area contributed by atoms with Crippen molar-refractivity contribution < 1.29 is 16.8 Å². The highest BCUT2D eigenvalue weighted by Crippen LogP contribution is 2.40. The van der Waals surface area contributed by atoms with Gasteiger partial charge in [0.2, 0.25) is 20.0 Å². The zero-order chi connectivity index (χ0) is 23.9. The van der Waals surface area contributed by atoms with Crippen molar-refractivity contribution >= 4 is 41.9 Å². The van der Waals surface area contributed by atoms with Crippen molar-refractivity contribution in [2.24, 2.45) is 17.0 Å². The minimum absolute atomic E-state index is 0.101. The van der Waals surface area contributed by atoms with Crippen LogP contribution >= 0.6 is 0 Å². The van der Waals surface area contributed by atoms with Gasteiger partial charge in [-0.3, -0.25) is 4.98 Å². The summed E-state index contributed by atoms with van der Waals surface area (Å²) in [6, 6.07) is 4.02. The normalized spacial score (nSPS) is 25.1. The number of sulfonamides is 2. The van der Waals surface area contributed by atoms with Crippen LogP contribution in [0, 0.1) is 11.8 Å². The van der Waals surface area contributed by atoms with Crippen molar-refractivity contribution in [3.05, 3.63) is 36.4 Å². The van der Waals surface area contributed by atoms with E-state index in [0.29, 0.717) is 19.4 Å². The van der Waals surface area contributed by atoms with Crippen LogP contribution < -0.4 is 5.14 Å². The van der Waals surface area contributed by atoms with E-state index in [1.165, 1.54) is 4.31 Å². The topological polar surface area (TPSA) is 139 Å². The third-order valence-corrected chi connectivity index (χ3v) is 10.3. The molecular weight excluding hydrogens is 474 g/mol. The summed E-state index contributed by atoms with van der Waals surface area (Å²) in [5.74, 6) is 0.121. The van der Waals surface area contributed by atoms with Gasteiger partial charge in [-0.25, -0.2) is 31.3 Å². The molecule has 1 saturated carbocycles. The number of fused-ring (bicyclic) bond motifs is 3. The van der Waals surface area contributed by atoms with E-state index in [2.05, 4.69) is 9.97 Å². The molecule has 0 spiro atoms. The number of nitrogens with two attached hydrogens (primary N) is 1. The van der Waals surface area contributed by atoms with Gasteiger partial charge in [0, 0.05) is 53.8 Å². The molecule has 0 aromatic carbocycles. The van der Waals surface area contributed by atoms with Crippen molar-refractivity contribution in [3.8, 4) is 0 Å². The molecule has 1 aliphatic carbocycles. The summed E-state index contributed by atoms with van der Waals surface area (Å²) in [5, 5.41) is 8.47. The van der Waals surface area contributed by atoms with Gasteiger partial charge in [0.15, 0.2) is 0 Å². The molecule has 184 valence electrons. The number of hydrogen-bond acceptors (Lipinski definition) is 6. The van der Waals surface area contributed by atoms with Crippen LogP contribution in [0.25, 0.3) is 21.8 Å². The van der Waals surface area contributed by atoms with Gasteiger partial charge in [0.1, 0.15) is 5.65 Å². The summed E-state index contributed by atoms with van der Waals surface area (Å²) in [7, 11) is -7.05. The van der Waals surface area contributed by atoms with Crippen molar-refractivity contribution in [3.63, 3.8) is 0 Å². The van der Waals surface area contributed by atoms with E-state index in [9.17, 15) is 16.8 Å². The first-order valence-corrected chi connectivity index (χ1v) is 15.2.